The van der Waals surface area contributed by atoms with Crippen LogP contribution in [-0.2, 0) is 0 Å². The van der Waals surface area contributed by atoms with Crippen LogP contribution in [0, 0.1) is 11.8 Å². The SMILES string of the molecule is CC1(O)CCC(CN)CC1.CC1(O)CCC(CN)CC1.Cl.Cl. The molecule has 6 heteroatoms. The summed E-state index contributed by atoms with van der Waals surface area (Å²) in [6, 6.07) is 0. The van der Waals surface area contributed by atoms with Gasteiger partial charge in [-0.15, -0.1) is 24.8 Å². The molecule has 0 aromatic carbocycles. The Bertz CT molecular complexity index is 241. The molecule has 6 N–H and O–H groups in total. The summed E-state index contributed by atoms with van der Waals surface area (Å²) in [5.74, 6) is 1.33. The van der Waals surface area contributed by atoms with Crippen LogP contribution in [0.2, 0.25) is 0 Å². The Morgan fingerprint density at radius 3 is 1.14 bits per heavy atom. The van der Waals surface area contributed by atoms with Crippen LogP contribution in [0.3, 0.4) is 0 Å². The molecule has 0 saturated heterocycles. The molecule has 4 nitrogen and oxygen atoms in total. The quantitative estimate of drug-likeness (QED) is 0.610. The molecule has 0 aliphatic heterocycles. The van der Waals surface area contributed by atoms with Crippen LogP contribution in [0.15, 0.2) is 0 Å². The zero-order chi connectivity index (χ0) is 15.2. The van der Waals surface area contributed by atoms with Gasteiger partial charge < -0.3 is 21.7 Å². The van der Waals surface area contributed by atoms with E-state index in [-0.39, 0.29) is 24.8 Å². The summed E-state index contributed by atoms with van der Waals surface area (Å²) in [5, 5.41) is 19.1. The van der Waals surface area contributed by atoms with E-state index in [9.17, 15) is 10.2 Å². The smallest absolute Gasteiger partial charge is 0.0620 e. The molecule has 22 heavy (non-hydrogen) atoms. The Morgan fingerprint density at radius 1 is 0.727 bits per heavy atom. The highest BCUT2D eigenvalue weighted by atomic mass is 35.5. The van der Waals surface area contributed by atoms with Gasteiger partial charge in [-0.1, -0.05) is 0 Å². The van der Waals surface area contributed by atoms with Crippen LogP contribution in [-0.4, -0.2) is 34.5 Å². The molecule has 0 aromatic heterocycles. The predicted molar refractivity (Wildman–Crippen MR) is 97.8 cm³/mol. The van der Waals surface area contributed by atoms with Crippen molar-refractivity contribution in [2.75, 3.05) is 13.1 Å². The van der Waals surface area contributed by atoms with E-state index in [1.807, 2.05) is 13.8 Å². The van der Waals surface area contributed by atoms with Crippen LogP contribution in [0.4, 0.5) is 0 Å². The molecule has 2 saturated carbocycles. The third-order valence-corrected chi connectivity index (χ3v) is 5.03. The fourth-order valence-electron chi connectivity index (χ4n) is 3.07. The van der Waals surface area contributed by atoms with Crippen LogP contribution < -0.4 is 11.5 Å². The molecule has 0 bridgehead atoms. The maximum absolute atomic E-state index is 9.55. The minimum atomic E-state index is -0.397. The normalized spacial score (nSPS) is 37.9. The fraction of sp³-hybridized carbons (Fsp3) is 1.00. The first-order chi connectivity index (χ1) is 9.28. The second kappa shape index (κ2) is 11.1. The molecule has 2 rings (SSSR count). The monoisotopic (exact) mass is 358 g/mol. The summed E-state index contributed by atoms with van der Waals surface area (Å²) in [5.41, 5.74) is 10.2. The molecule has 0 radical (unpaired) electrons. The van der Waals surface area contributed by atoms with Crippen molar-refractivity contribution in [3.05, 3.63) is 0 Å². The van der Waals surface area contributed by atoms with E-state index in [4.69, 9.17) is 11.5 Å². The average Bonchev–Trinajstić information content (AvgIpc) is 2.40. The maximum Gasteiger partial charge on any atom is 0.0620 e. The van der Waals surface area contributed by atoms with E-state index in [1.165, 1.54) is 0 Å². The molecule has 0 heterocycles. The van der Waals surface area contributed by atoms with E-state index in [2.05, 4.69) is 0 Å². The second-order valence-corrected chi connectivity index (χ2v) is 7.35. The number of halogens is 2. The lowest BCUT2D eigenvalue weighted by Gasteiger charge is -2.32. The molecule has 2 aliphatic carbocycles. The second-order valence-electron chi connectivity index (χ2n) is 7.35. The van der Waals surface area contributed by atoms with Crippen molar-refractivity contribution < 1.29 is 10.2 Å². The van der Waals surface area contributed by atoms with Crippen molar-refractivity contribution >= 4 is 24.8 Å². The summed E-state index contributed by atoms with van der Waals surface area (Å²) in [6.45, 7) is 5.41. The molecule has 0 amide bonds. The van der Waals surface area contributed by atoms with Gasteiger partial charge in [-0.25, -0.2) is 0 Å². The minimum Gasteiger partial charge on any atom is -0.390 e. The Balaban J connectivity index is 0. The van der Waals surface area contributed by atoms with Crippen molar-refractivity contribution in [2.24, 2.45) is 23.3 Å². The fourth-order valence-corrected chi connectivity index (χ4v) is 3.07. The van der Waals surface area contributed by atoms with Crippen LogP contribution in [0.5, 0.6) is 0 Å². The van der Waals surface area contributed by atoms with Gasteiger partial charge in [0.05, 0.1) is 11.2 Å². The Kier molecular flexibility index (Phi) is 12.4. The highest BCUT2D eigenvalue weighted by Gasteiger charge is 2.28. The summed E-state index contributed by atoms with van der Waals surface area (Å²) >= 11 is 0. The number of rotatable bonds is 2. The summed E-state index contributed by atoms with van der Waals surface area (Å²) < 4.78 is 0. The Labute approximate surface area is 148 Å². The van der Waals surface area contributed by atoms with E-state index in [0.717, 1.165) is 64.5 Å². The number of aliphatic hydroxyl groups is 2. The van der Waals surface area contributed by atoms with Crippen molar-refractivity contribution in [2.45, 2.75) is 76.4 Å². The van der Waals surface area contributed by atoms with Gasteiger partial charge in [-0.2, -0.15) is 0 Å². The molecular weight excluding hydrogens is 323 g/mol. The third kappa shape index (κ3) is 9.53. The van der Waals surface area contributed by atoms with Gasteiger partial charge in [0.25, 0.3) is 0 Å². The minimum absolute atomic E-state index is 0. The molecule has 0 atom stereocenters. The molecule has 2 aliphatic rings. The van der Waals surface area contributed by atoms with Crippen LogP contribution in [0.1, 0.15) is 65.2 Å². The van der Waals surface area contributed by atoms with Gasteiger partial charge in [-0.3, -0.25) is 0 Å². The summed E-state index contributed by atoms with van der Waals surface area (Å²) in [4.78, 5) is 0. The molecule has 2 fully saturated rings. The van der Waals surface area contributed by atoms with Gasteiger partial charge in [0.2, 0.25) is 0 Å². The van der Waals surface area contributed by atoms with Crippen LogP contribution >= 0.6 is 24.8 Å². The van der Waals surface area contributed by atoms with Crippen molar-refractivity contribution in [3.8, 4) is 0 Å². The highest BCUT2D eigenvalue weighted by molar-refractivity contribution is 5.85. The van der Waals surface area contributed by atoms with E-state index in [1.54, 1.807) is 0 Å². The molecule has 0 unspecified atom stereocenters. The highest BCUT2D eigenvalue weighted by Crippen LogP contribution is 2.31. The lowest BCUT2D eigenvalue weighted by Crippen LogP contribution is -2.32. The third-order valence-electron chi connectivity index (χ3n) is 5.03. The van der Waals surface area contributed by atoms with Crippen molar-refractivity contribution in [1.82, 2.24) is 0 Å². The van der Waals surface area contributed by atoms with Crippen molar-refractivity contribution in [3.63, 3.8) is 0 Å². The topological polar surface area (TPSA) is 92.5 Å². The van der Waals surface area contributed by atoms with Crippen LogP contribution in [0.25, 0.3) is 0 Å². The molecule has 0 spiro atoms. The first-order valence-corrected chi connectivity index (χ1v) is 8.13. The summed E-state index contributed by atoms with van der Waals surface area (Å²) in [6.07, 6.45) is 8.10. The van der Waals surface area contributed by atoms with E-state index in [0.29, 0.717) is 11.8 Å². The Morgan fingerprint density at radius 2 is 0.955 bits per heavy atom. The standard InChI is InChI=1S/2C8H17NO.2ClH/c2*1-8(10)4-2-7(6-9)3-5-8;;/h2*7,10H,2-6,9H2,1H3;2*1H. The van der Waals surface area contributed by atoms with Gasteiger partial charge >= 0.3 is 0 Å². The number of hydrogen-bond donors (Lipinski definition) is 4. The average molecular weight is 359 g/mol. The lowest BCUT2D eigenvalue weighted by atomic mass is 9.80. The molecule has 136 valence electrons. The molecule has 0 aromatic rings. The first kappa shape index (κ1) is 24.7. The maximum atomic E-state index is 9.55. The first-order valence-electron chi connectivity index (χ1n) is 8.13. The Hall–Kier alpha value is 0.420. The van der Waals surface area contributed by atoms with E-state index >= 15 is 0 Å². The van der Waals surface area contributed by atoms with Gasteiger partial charge in [-0.05, 0) is 90.1 Å². The van der Waals surface area contributed by atoms with E-state index < -0.39 is 11.2 Å². The summed E-state index contributed by atoms with van der Waals surface area (Å²) in [7, 11) is 0. The number of hydrogen-bond acceptors (Lipinski definition) is 4. The van der Waals surface area contributed by atoms with Gasteiger partial charge in [0.15, 0.2) is 0 Å². The zero-order valence-electron chi connectivity index (χ0n) is 14.1. The van der Waals surface area contributed by atoms with Gasteiger partial charge in [0, 0.05) is 0 Å². The predicted octanol–water partition coefficient (Wildman–Crippen LogP) is 2.62. The largest absolute Gasteiger partial charge is 0.390 e. The van der Waals surface area contributed by atoms with Gasteiger partial charge in [0.1, 0.15) is 0 Å². The zero-order valence-corrected chi connectivity index (χ0v) is 15.7. The molecular formula is C16H36Cl2N2O2. The van der Waals surface area contributed by atoms with Crippen molar-refractivity contribution in [1.29, 1.82) is 0 Å². The lowest BCUT2D eigenvalue weighted by molar-refractivity contribution is 0.00884. The number of nitrogens with two attached hydrogens (primary N) is 2.